The summed E-state index contributed by atoms with van der Waals surface area (Å²) >= 11 is 0. The zero-order valence-electron chi connectivity index (χ0n) is 12.5. The van der Waals surface area contributed by atoms with E-state index in [1.54, 1.807) is 0 Å². The van der Waals surface area contributed by atoms with Crippen LogP contribution in [0.3, 0.4) is 0 Å². The second kappa shape index (κ2) is 6.89. The molecular formula is C17H25NO2. The molecule has 0 unspecified atom stereocenters. The van der Waals surface area contributed by atoms with Crippen molar-refractivity contribution in [2.45, 2.75) is 51.5 Å². The van der Waals surface area contributed by atoms with Gasteiger partial charge in [0.05, 0.1) is 6.61 Å². The van der Waals surface area contributed by atoms with Crippen LogP contribution in [-0.2, 0) is 11.2 Å². The maximum atomic E-state index is 12.2. The van der Waals surface area contributed by atoms with Crippen molar-refractivity contribution in [2.24, 2.45) is 0 Å². The fourth-order valence-corrected chi connectivity index (χ4v) is 2.47. The van der Waals surface area contributed by atoms with E-state index in [2.05, 4.69) is 38.1 Å². The number of aliphatic hydroxyl groups excluding tert-OH is 1. The van der Waals surface area contributed by atoms with Crippen molar-refractivity contribution in [3.63, 3.8) is 0 Å². The second-order valence-corrected chi connectivity index (χ2v) is 5.94. The van der Waals surface area contributed by atoms with Gasteiger partial charge in [-0.2, -0.15) is 0 Å². The molecule has 1 aromatic carbocycles. The average molecular weight is 275 g/mol. The number of nitrogens with zero attached hydrogens (tertiary/aromatic N) is 1. The number of amides is 1. The third-order valence-electron chi connectivity index (χ3n) is 3.92. The summed E-state index contributed by atoms with van der Waals surface area (Å²) in [5, 5.41) is 9.04. The Kier molecular flexibility index (Phi) is 5.18. The van der Waals surface area contributed by atoms with Crippen molar-refractivity contribution in [1.82, 2.24) is 4.90 Å². The van der Waals surface area contributed by atoms with Crippen molar-refractivity contribution in [1.29, 1.82) is 0 Å². The fourth-order valence-electron chi connectivity index (χ4n) is 2.47. The van der Waals surface area contributed by atoms with Crippen LogP contribution in [0.1, 0.15) is 50.2 Å². The Morgan fingerprint density at radius 1 is 1.30 bits per heavy atom. The highest BCUT2D eigenvalue weighted by atomic mass is 16.3. The summed E-state index contributed by atoms with van der Waals surface area (Å²) in [7, 11) is 0. The van der Waals surface area contributed by atoms with Gasteiger partial charge in [-0.3, -0.25) is 4.79 Å². The Morgan fingerprint density at radius 2 is 1.95 bits per heavy atom. The van der Waals surface area contributed by atoms with Gasteiger partial charge in [0.1, 0.15) is 0 Å². The maximum Gasteiger partial charge on any atom is 0.223 e. The quantitative estimate of drug-likeness (QED) is 0.831. The lowest BCUT2D eigenvalue weighted by atomic mass is 10.0. The van der Waals surface area contributed by atoms with E-state index in [0.29, 0.717) is 24.9 Å². The zero-order chi connectivity index (χ0) is 14.5. The highest BCUT2D eigenvalue weighted by Crippen LogP contribution is 2.27. The van der Waals surface area contributed by atoms with E-state index in [1.165, 1.54) is 11.1 Å². The lowest BCUT2D eigenvalue weighted by Crippen LogP contribution is -2.35. The van der Waals surface area contributed by atoms with Crippen LogP contribution < -0.4 is 0 Å². The summed E-state index contributed by atoms with van der Waals surface area (Å²) in [6.07, 6.45) is 3.51. The molecular weight excluding hydrogens is 250 g/mol. The van der Waals surface area contributed by atoms with Crippen molar-refractivity contribution in [2.75, 3.05) is 13.2 Å². The minimum Gasteiger partial charge on any atom is -0.395 e. The van der Waals surface area contributed by atoms with E-state index in [4.69, 9.17) is 5.11 Å². The first-order valence-corrected chi connectivity index (χ1v) is 7.61. The summed E-state index contributed by atoms with van der Waals surface area (Å²) in [5.74, 6) is 0.718. The van der Waals surface area contributed by atoms with Crippen LogP contribution in [0.4, 0.5) is 0 Å². The molecule has 3 heteroatoms. The molecule has 1 aromatic rings. The van der Waals surface area contributed by atoms with Crippen LogP contribution in [0.15, 0.2) is 24.3 Å². The molecule has 0 aliphatic heterocycles. The van der Waals surface area contributed by atoms with Crippen molar-refractivity contribution < 1.29 is 9.90 Å². The zero-order valence-corrected chi connectivity index (χ0v) is 12.5. The van der Waals surface area contributed by atoms with E-state index >= 15 is 0 Å². The molecule has 3 nitrogen and oxygen atoms in total. The van der Waals surface area contributed by atoms with Gasteiger partial charge in [0.2, 0.25) is 5.91 Å². The van der Waals surface area contributed by atoms with Gasteiger partial charge in [-0.05, 0) is 36.3 Å². The number of hydrogen-bond donors (Lipinski definition) is 1. The van der Waals surface area contributed by atoms with Gasteiger partial charge in [0.25, 0.3) is 0 Å². The normalized spacial score (nSPS) is 14.6. The Labute approximate surface area is 121 Å². The monoisotopic (exact) mass is 275 g/mol. The van der Waals surface area contributed by atoms with Crippen LogP contribution >= 0.6 is 0 Å². The van der Waals surface area contributed by atoms with Gasteiger partial charge in [-0.1, -0.05) is 38.1 Å². The molecule has 1 amide bonds. The molecule has 0 atom stereocenters. The van der Waals surface area contributed by atoms with Gasteiger partial charge in [-0.15, -0.1) is 0 Å². The molecule has 0 saturated heterocycles. The summed E-state index contributed by atoms with van der Waals surface area (Å²) in [6, 6.07) is 8.93. The summed E-state index contributed by atoms with van der Waals surface area (Å²) in [4.78, 5) is 14.0. The van der Waals surface area contributed by atoms with Crippen molar-refractivity contribution in [3.05, 3.63) is 35.4 Å². The number of aryl methyl sites for hydroxylation is 1. The molecule has 1 aliphatic carbocycles. The summed E-state index contributed by atoms with van der Waals surface area (Å²) in [5.41, 5.74) is 2.54. The lowest BCUT2D eigenvalue weighted by Gasteiger charge is -2.21. The van der Waals surface area contributed by atoms with Gasteiger partial charge in [0.15, 0.2) is 0 Å². The number of hydrogen-bond acceptors (Lipinski definition) is 2. The van der Waals surface area contributed by atoms with Crippen molar-refractivity contribution in [3.8, 4) is 0 Å². The molecule has 0 aromatic heterocycles. The fraction of sp³-hybridized carbons (Fsp3) is 0.588. The number of carbonyl (C=O) groups is 1. The lowest BCUT2D eigenvalue weighted by molar-refractivity contribution is -0.132. The highest BCUT2D eigenvalue weighted by molar-refractivity contribution is 5.77. The van der Waals surface area contributed by atoms with Gasteiger partial charge >= 0.3 is 0 Å². The topological polar surface area (TPSA) is 40.5 Å². The molecule has 1 saturated carbocycles. The molecule has 0 spiro atoms. The largest absolute Gasteiger partial charge is 0.395 e. The molecule has 0 bridgehead atoms. The third-order valence-corrected chi connectivity index (χ3v) is 3.92. The van der Waals surface area contributed by atoms with E-state index in [9.17, 15) is 4.79 Å². The molecule has 0 heterocycles. The SMILES string of the molecule is CC(C)c1ccc(CCC(=O)N(CCO)C2CC2)cc1. The van der Waals surface area contributed by atoms with E-state index in [0.717, 1.165) is 19.3 Å². The van der Waals surface area contributed by atoms with Crippen LogP contribution in [0.25, 0.3) is 0 Å². The van der Waals surface area contributed by atoms with Crippen LogP contribution in [0, 0.1) is 0 Å². The number of rotatable bonds is 7. The van der Waals surface area contributed by atoms with Crippen LogP contribution in [0.5, 0.6) is 0 Å². The smallest absolute Gasteiger partial charge is 0.223 e. The van der Waals surface area contributed by atoms with E-state index in [-0.39, 0.29) is 12.5 Å². The Hall–Kier alpha value is -1.35. The molecule has 1 aliphatic rings. The molecule has 110 valence electrons. The first-order chi connectivity index (χ1) is 9.61. The molecule has 2 rings (SSSR count). The number of carbonyl (C=O) groups excluding carboxylic acids is 1. The Bertz CT molecular complexity index is 435. The van der Waals surface area contributed by atoms with Crippen molar-refractivity contribution >= 4 is 5.91 Å². The number of aliphatic hydroxyl groups is 1. The third kappa shape index (κ3) is 4.07. The van der Waals surface area contributed by atoms with Crippen LogP contribution in [0.2, 0.25) is 0 Å². The van der Waals surface area contributed by atoms with Gasteiger partial charge in [0, 0.05) is 19.0 Å². The molecule has 20 heavy (non-hydrogen) atoms. The standard InChI is InChI=1S/C17H25NO2/c1-13(2)15-6-3-14(4-7-15)5-10-17(20)18(11-12-19)16-8-9-16/h3-4,6-7,13,16,19H,5,8-12H2,1-2H3. The van der Waals surface area contributed by atoms with E-state index in [1.807, 2.05) is 4.90 Å². The van der Waals surface area contributed by atoms with Crippen LogP contribution in [-0.4, -0.2) is 35.1 Å². The first kappa shape index (κ1) is 15.0. The maximum absolute atomic E-state index is 12.2. The summed E-state index contributed by atoms with van der Waals surface area (Å²) in [6.45, 7) is 4.91. The van der Waals surface area contributed by atoms with Gasteiger partial charge in [-0.25, -0.2) is 0 Å². The van der Waals surface area contributed by atoms with Gasteiger partial charge < -0.3 is 10.0 Å². The average Bonchev–Trinajstić information content (AvgIpc) is 3.27. The minimum absolute atomic E-state index is 0.0608. The Balaban J connectivity index is 1.85. The molecule has 1 N–H and O–H groups in total. The number of benzene rings is 1. The molecule has 1 fully saturated rings. The summed E-state index contributed by atoms with van der Waals surface area (Å²) < 4.78 is 0. The first-order valence-electron chi connectivity index (χ1n) is 7.61. The highest BCUT2D eigenvalue weighted by Gasteiger charge is 2.31. The minimum atomic E-state index is 0.0608. The predicted octanol–water partition coefficient (Wildman–Crippen LogP) is 2.73. The van der Waals surface area contributed by atoms with E-state index < -0.39 is 0 Å². The molecule has 0 radical (unpaired) electrons. The predicted molar refractivity (Wildman–Crippen MR) is 80.7 cm³/mol. The Morgan fingerprint density at radius 3 is 2.45 bits per heavy atom. The second-order valence-electron chi connectivity index (χ2n) is 5.94.